The molecule has 0 aromatic heterocycles. The molecule has 1 aromatic rings. The second-order valence-electron chi connectivity index (χ2n) is 7.63. The molecule has 2 aliphatic carbocycles. The number of rotatable bonds is 5. The topological polar surface area (TPSA) is 0 Å². The summed E-state index contributed by atoms with van der Waals surface area (Å²) in [5.74, 6) is 0.680. The monoisotopic (exact) mass is 476 g/mol. The van der Waals surface area contributed by atoms with Crippen molar-refractivity contribution in [1.29, 1.82) is 0 Å². The second-order valence-corrected chi connectivity index (χ2v) is 11.9. The molecule has 0 saturated heterocycles. The van der Waals surface area contributed by atoms with E-state index < -0.39 is 8.07 Å². The van der Waals surface area contributed by atoms with Gasteiger partial charge in [-0.05, 0) is 5.54 Å². The van der Waals surface area contributed by atoms with Crippen LogP contribution in [0.25, 0.3) is 0 Å². The van der Waals surface area contributed by atoms with Gasteiger partial charge in [0.1, 0.15) is 0 Å². The first-order chi connectivity index (χ1) is 11.2. The largest absolute Gasteiger partial charge is 4.00 e. The Balaban J connectivity index is 0. The van der Waals surface area contributed by atoms with Crippen LogP contribution in [0.2, 0.25) is 12.1 Å². The zero-order chi connectivity index (χ0) is 16.3. The summed E-state index contributed by atoms with van der Waals surface area (Å²) >= 11 is 0. The quantitative estimate of drug-likeness (QED) is 0.313. The van der Waals surface area contributed by atoms with Crippen LogP contribution in [0.5, 0.6) is 0 Å². The van der Waals surface area contributed by atoms with Gasteiger partial charge >= 0.3 is 21.7 Å². The van der Waals surface area contributed by atoms with Crippen molar-refractivity contribution in [2.75, 3.05) is 0 Å². The van der Waals surface area contributed by atoms with E-state index in [1.165, 1.54) is 38.5 Å². The number of hydrogen-bond donors (Lipinski definition) is 0. The summed E-state index contributed by atoms with van der Waals surface area (Å²) in [6.45, 7) is 7.37. The van der Waals surface area contributed by atoms with Crippen LogP contribution in [0.3, 0.4) is 0 Å². The Hall–Kier alpha value is 0.501. The van der Waals surface area contributed by atoms with Crippen LogP contribution < -0.4 is 42.4 Å². The molecule has 0 aliphatic heterocycles. The standard InChI is InChI=1S/C22H31Si.3ClH.Ti/c1-4-18(2)21-16-11-17-22(21)23(3,19-12-7-5-8-13-19)20-14-9-6-10-15-20;;;;/h5,7-8,12-13,16,18,20H,4,6,9-11,14-15H2,1-3H3;3*1H;/q-1;;;;+4/p-3. The van der Waals surface area contributed by atoms with E-state index in [-0.39, 0.29) is 58.9 Å². The van der Waals surface area contributed by atoms with Crippen molar-refractivity contribution < 1.29 is 58.9 Å². The van der Waals surface area contributed by atoms with E-state index in [1.807, 2.05) is 0 Å². The molecule has 0 N–H and O–H groups in total. The Labute approximate surface area is 201 Å². The third-order valence-electron chi connectivity index (χ3n) is 6.35. The van der Waals surface area contributed by atoms with Crippen LogP contribution in [-0.2, 0) is 21.7 Å². The Bertz CT molecular complexity index is 597. The van der Waals surface area contributed by atoms with Crippen molar-refractivity contribution >= 4 is 13.3 Å². The maximum absolute atomic E-state index is 3.84. The molecule has 3 rings (SSSR count). The summed E-state index contributed by atoms with van der Waals surface area (Å²) in [6, 6.07) is 11.5. The van der Waals surface area contributed by atoms with Gasteiger partial charge in [0.15, 0.2) is 0 Å². The summed E-state index contributed by atoms with van der Waals surface area (Å²) in [7, 11) is -1.70. The van der Waals surface area contributed by atoms with Crippen molar-refractivity contribution in [3.8, 4) is 0 Å². The third kappa shape index (κ3) is 6.24. The van der Waals surface area contributed by atoms with Crippen molar-refractivity contribution in [1.82, 2.24) is 0 Å². The van der Waals surface area contributed by atoms with Gasteiger partial charge in [0.2, 0.25) is 0 Å². The van der Waals surface area contributed by atoms with Gasteiger partial charge in [0.25, 0.3) is 0 Å². The molecule has 0 nitrogen and oxygen atoms in total. The zero-order valence-electron chi connectivity index (χ0n) is 16.7. The van der Waals surface area contributed by atoms with Gasteiger partial charge in [-0.3, -0.25) is 6.08 Å². The van der Waals surface area contributed by atoms with E-state index in [1.54, 1.807) is 16.0 Å². The fraction of sp³-hybridized carbons (Fsp3) is 0.545. The van der Waals surface area contributed by atoms with E-state index in [0.29, 0.717) is 5.92 Å². The van der Waals surface area contributed by atoms with E-state index in [0.717, 1.165) is 12.0 Å². The first-order valence-corrected chi connectivity index (χ1v) is 12.1. The summed E-state index contributed by atoms with van der Waals surface area (Å²) in [5, 5.41) is 3.29. The predicted molar refractivity (Wildman–Crippen MR) is 103 cm³/mol. The summed E-state index contributed by atoms with van der Waals surface area (Å²) < 4.78 is 0. The van der Waals surface area contributed by atoms with Crippen LogP contribution in [0, 0.1) is 12.0 Å². The molecular weight excluding hydrogens is 447 g/mol. The second kappa shape index (κ2) is 13.7. The van der Waals surface area contributed by atoms with Crippen LogP contribution in [-0.4, -0.2) is 8.07 Å². The number of hydrogen-bond acceptors (Lipinski definition) is 0. The van der Waals surface area contributed by atoms with Gasteiger partial charge in [-0.15, -0.1) is 6.42 Å². The van der Waals surface area contributed by atoms with Gasteiger partial charge in [-0.1, -0.05) is 100 Å². The molecule has 0 amide bonds. The van der Waals surface area contributed by atoms with Crippen molar-refractivity contribution in [3.05, 3.63) is 53.3 Å². The van der Waals surface area contributed by atoms with Crippen molar-refractivity contribution in [3.63, 3.8) is 0 Å². The molecule has 1 aromatic carbocycles. The average Bonchev–Trinajstić information content (AvgIpc) is 3.12. The van der Waals surface area contributed by atoms with Crippen molar-refractivity contribution in [2.45, 2.75) is 70.9 Å². The van der Waals surface area contributed by atoms with Gasteiger partial charge < -0.3 is 37.2 Å². The van der Waals surface area contributed by atoms with Crippen LogP contribution in [0.15, 0.2) is 47.2 Å². The fourth-order valence-electron chi connectivity index (χ4n) is 4.67. The summed E-state index contributed by atoms with van der Waals surface area (Å²) in [5.41, 5.74) is 2.53. The van der Waals surface area contributed by atoms with E-state index >= 15 is 0 Å². The van der Waals surface area contributed by atoms with Gasteiger partial charge in [0.05, 0.1) is 8.07 Å². The molecule has 2 unspecified atom stereocenters. The number of allylic oxidation sites excluding steroid dienone is 4. The van der Waals surface area contributed by atoms with Gasteiger partial charge in [0, 0.05) is 0 Å². The van der Waals surface area contributed by atoms with E-state index in [4.69, 9.17) is 0 Å². The first kappa shape index (κ1) is 29.7. The minimum absolute atomic E-state index is 0. The molecule has 148 valence electrons. The normalized spacial score (nSPS) is 19.7. The molecule has 0 heterocycles. The minimum atomic E-state index is -1.70. The van der Waals surface area contributed by atoms with E-state index in [2.05, 4.69) is 62.9 Å². The molecular formula is C22H31Cl3SiTi. The third-order valence-corrected chi connectivity index (χ3v) is 11.6. The van der Waals surface area contributed by atoms with E-state index in [9.17, 15) is 0 Å². The number of halogens is 3. The zero-order valence-corrected chi connectivity index (χ0v) is 21.5. The molecule has 0 bridgehead atoms. The Morgan fingerprint density at radius 3 is 2.19 bits per heavy atom. The molecule has 27 heavy (non-hydrogen) atoms. The van der Waals surface area contributed by atoms with Gasteiger partial charge in [-0.25, -0.2) is 5.20 Å². The molecule has 1 fully saturated rings. The minimum Gasteiger partial charge on any atom is -1.00 e. The van der Waals surface area contributed by atoms with Crippen LogP contribution >= 0.6 is 0 Å². The molecule has 2 aliphatic rings. The SMILES string of the molecule is CCC(C)C1=CC[C-]=C1[Si](C)(c1ccccc1)C1CCCCC1.[Cl-].[Cl-].[Cl-].[Ti+4]. The molecule has 1 saturated carbocycles. The van der Waals surface area contributed by atoms with Gasteiger partial charge in [-0.2, -0.15) is 11.6 Å². The Morgan fingerprint density at radius 2 is 1.63 bits per heavy atom. The maximum atomic E-state index is 3.84. The maximum Gasteiger partial charge on any atom is 4.00 e. The summed E-state index contributed by atoms with van der Waals surface area (Å²) in [4.78, 5) is 0. The molecule has 5 heteroatoms. The number of benzene rings is 1. The average molecular weight is 478 g/mol. The molecule has 2 atom stereocenters. The van der Waals surface area contributed by atoms with Crippen LogP contribution in [0.1, 0.15) is 58.8 Å². The smallest absolute Gasteiger partial charge is 1.00 e. The fourth-order valence-corrected chi connectivity index (χ4v) is 9.70. The van der Waals surface area contributed by atoms with Crippen molar-refractivity contribution in [2.24, 2.45) is 5.92 Å². The summed E-state index contributed by atoms with van der Waals surface area (Å²) in [6.07, 6.45) is 15.7. The Morgan fingerprint density at radius 1 is 1.04 bits per heavy atom. The molecule has 0 spiro atoms. The predicted octanol–water partition coefficient (Wildman–Crippen LogP) is -3.04. The van der Waals surface area contributed by atoms with Crippen LogP contribution in [0.4, 0.5) is 0 Å². The Kier molecular flexibility index (Phi) is 15.0. The molecule has 0 radical (unpaired) electrons. The first-order valence-electron chi connectivity index (χ1n) is 9.55.